The highest BCUT2D eigenvalue weighted by molar-refractivity contribution is 6.30. The second-order valence-corrected chi connectivity index (χ2v) is 6.09. The highest BCUT2D eigenvalue weighted by Gasteiger charge is 2.23. The minimum absolute atomic E-state index is 0.416. The van der Waals surface area contributed by atoms with Gasteiger partial charge in [0.15, 0.2) is 0 Å². The van der Waals surface area contributed by atoms with E-state index in [4.69, 9.17) is 17.3 Å². The van der Waals surface area contributed by atoms with Gasteiger partial charge in [-0.3, -0.25) is 0 Å². The summed E-state index contributed by atoms with van der Waals surface area (Å²) >= 11 is 5.93. The van der Waals surface area contributed by atoms with Crippen molar-refractivity contribution in [3.63, 3.8) is 0 Å². The molecule has 1 aromatic heterocycles. The van der Waals surface area contributed by atoms with Crippen LogP contribution in [0.15, 0.2) is 30.3 Å². The van der Waals surface area contributed by atoms with Gasteiger partial charge in [0.25, 0.3) is 0 Å². The van der Waals surface area contributed by atoms with E-state index in [1.54, 1.807) is 0 Å². The Morgan fingerprint density at radius 1 is 1.24 bits per heavy atom. The van der Waals surface area contributed by atoms with Gasteiger partial charge in [0, 0.05) is 23.2 Å². The van der Waals surface area contributed by atoms with Crippen LogP contribution in [0.4, 0.5) is 5.69 Å². The minimum Gasteiger partial charge on any atom is -0.397 e. The van der Waals surface area contributed by atoms with E-state index in [0.29, 0.717) is 17.4 Å². The van der Waals surface area contributed by atoms with Crippen molar-refractivity contribution in [3.8, 4) is 6.07 Å². The van der Waals surface area contributed by atoms with Gasteiger partial charge in [0.05, 0.1) is 5.69 Å². The Balaban J connectivity index is 1.98. The van der Waals surface area contributed by atoms with Crippen LogP contribution < -0.4 is 5.73 Å². The summed E-state index contributed by atoms with van der Waals surface area (Å²) in [5.74, 6) is 0. The molecule has 0 aliphatic heterocycles. The third-order valence-corrected chi connectivity index (χ3v) is 4.52. The molecule has 2 N–H and O–H groups in total. The largest absolute Gasteiger partial charge is 0.397 e. The number of nitriles is 1. The van der Waals surface area contributed by atoms with Crippen molar-refractivity contribution in [3.05, 3.63) is 52.3 Å². The van der Waals surface area contributed by atoms with E-state index in [-0.39, 0.29) is 0 Å². The van der Waals surface area contributed by atoms with Crippen LogP contribution in [0.1, 0.15) is 48.7 Å². The van der Waals surface area contributed by atoms with E-state index >= 15 is 0 Å². The molecule has 2 aromatic rings. The summed E-state index contributed by atoms with van der Waals surface area (Å²) in [6.07, 6.45) is 5.47. The first-order chi connectivity index (χ1) is 10.2. The van der Waals surface area contributed by atoms with E-state index in [0.717, 1.165) is 35.5 Å². The molecule has 0 saturated heterocycles. The first-order valence-corrected chi connectivity index (χ1v) is 7.71. The zero-order chi connectivity index (χ0) is 14.8. The Bertz CT molecular complexity index is 673. The molecule has 1 saturated carbocycles. The van der Waals surface area contributed by atoms with Gasteiger partial charge in [-0.15, -0.1) is 0 Å². The average Bonchev–Trinajstić information content (AvgIpc) is 3.10. The van der Waals surface area contributed by atoms with Gasteiger partial charge in [-0.1, -0.05) is 36.6 Å². The first-order valence-electron chi connectivity index (χ1n) is 7.33. The van der Waals surface area contributed by atoms with Gasteiger partial charge in [0.1, 0.15) is 11.8 Å². The van der Waals surface area contributed by atoms with Crippen LogP contribution >= 0.6 is 11.6 Å². The molecule has 21 heavy (non-hydrogen) atoms. The fraction of sp³-hybridized carbons (Fsp3) is 0.353. The lowest BCUT2D eigenvalue weighted by Gasteiger charge is -2.18. The van der Waals surface area contributed by atoms with Crippen LogP contribution in [0.25, 0.3) is 0 Å². The molecule has 3 rings (SSSR count). The molecule has 3 nitrogen and oxygen atoms in total. The van der Waals surface area contributed by atoms with Crippen LogP contribution in [-0.4, -0.2) is 4.57 Å². The van der Waals surface area contributed by atoms with Gasteiger partial charge in [0.2, 0.25) is 0 Å². The summed E-state index contributed by atoms with van der Waals surface area (Å²) < 4.78 is 2.16. The van der Waals surface area contributed by atoms with E-state index in [2.05, 4.69) is 10.6 Å². The van der Waals surface area contributed by atoms with Crippen molar-refractivity contribution in [2.24, 2.45) is 0 Å². The Morgan fingerprint density at radius 2 is 1.90 bits per heavy atom. The second kappa shape index (κ2) is 5.83. The summed E-state index contributed by atoms with van der Waals surface area (Å²) in [6.45, 7) is 0. The summed E-state index contributed by atoms with van der Waals surface area (Å²) in [7, 11) is 0. The number of hydrogen-bond donors (Lipinski definition) is 1. The van der Waals surface area contributed by atoms with Crippen molar-refractivity contribution in [1.82, 2.24) is 4.57 Å². The standard InChI is InChI=1S/C17H18ClN3/c18-13-7-5-12(6-8-13)9-17-16(20)10-15(11-19)21(17)14-3-1-2-4-14/h5-8,10,14H,1-4,9,20H2. The molecule has 0 spiro atoms. The number of aromatic nitrogens is 1. The molecular weight excluding hydrogens is 282 g/mol. The summed E-state index contributed by atoms with van der Waals surface area (Å²) in [4.78, 5) is 0. The number of benzene rings is 1. The van der Waals surface area contributed by atoms with E-state index in [9.17, 15) is 5.26 Å². The fourth-order valence-corrected chi connectivity index (χ4v) is 3.36. The van der Waals surface area contributed by atoms with Crippen LogP contribution in [0.3, 0.4) is 0 Å². The Morgan fingerprint density at radius 3 is 2.52 bits per heavy atom. The third kappa shape index (κ3) is 2.77. The average molecular weight is 300 g/mol. The highest BCUT2D eigenvalue weighted by atomic mass is 35.5. The van der Waals surface area contributed by atoms with Crippen molar-refractivity contribution in [2.75, 3.05) is 5.73 Å². The van der Waals surface area contributed by atoms with Crippen LogP contribution in [0, 0.1) is 11.3 Å². The van der Waals surface area contributed by atoms with E-state index < -0.39 is 0 Å². The summed E-state index contributed by atoms with van der Waals surface area (Å²) in [6, 6.07) is 12.3. The van der Waals surface area contributed by atoms with Crippen LogP contribution in [0.5, 0.6) is 0 Å². The van der Waals surface area contributed by atoms with E-state index in [1.807, 2.05) is 30.3 Å². The van der Waals surface area contributed by atoms with Crippen molar-refractivity contribution in [1.29, 1.82) is 5.26 Å². The maximum Gasteiger partial charge on any atom is 0.122 e. The maximum atomic E-state index is 9.38. The van der Waals surface area contributed by atoms with Gasteiger partial charge in [-0.25, -0.2) is 0 Å². The van der Waals surface area contributed by atoms with Crippen molar-refractivity contribution < 1.29 is 0 Å². The topological polar surface area (TPSA) is 54.7 Å². The molecule has 0 atom stereocenters. The normalized spacial score (nSPS) is 15.2. The molecule has 1 heterocycles. The number of hydrogen-bond acceptors (Lipinski definition) is 2. The number of rotatable bonds is 3. The second-order valence-electron chi connectivity index (χ2n) is 5.65. The molecule has 1 aliphatic carbocycles. The molecule has 1 aliphatic rings. The molecule has 4 heteroatoms. The molecule has 1 fully saturated rings. The molecular formula is C17H18ClN3. The highest BCUT2D eigenvalue weighted by Crippen LogP contribution is 2.35. The zero-order valence-corrected chi connectivity index (χ0v) is 12.6. The van der Waals surface area contributed by atoms with Gasteiger partial charge in [-0.05, 0) is 36.6 Å². The van der Waals surface area contributed by atoms with Crippen molar-refractivity contribution >= 4 is 17.3 Å². The van der Waals surface area contributed by atoms with Crippen molar-refractivity contribution in [2.45, 2.75) is 38.1 Å². The smallest absolute Gasteiger partial charge is 0.122 e. The number of nitrogens with two attached hydrogens (primary N) is 1. The van der Waals surface area contributed by atoms with Gasteiger partial charge < -0.3 is 10.3 Å². The lowest BCUT2D eigenvalue weighted by atomic mass is 10.1. The first kappa shape index (κ1) is 14.0. The molecule has 1 aromatic carbocycles. The quantitative estimate of drug-likeness (QED) is 0.918. The van der Waals surface area contributed by atoms with Crippen LogP contribution in [0.2, 0.25) is 5.02 Å². The SMILES string of the molecule is N#Cc1cc(N)c(Cc2ccc(Cl)cc2)n1C1CCCC1. The lowest BCUT2D eigenvalue weighted by molar-refractivity contribution is 0.502. The molecule has 0 amide bonds. The molecule has 108 valence electrons. The number of nitrogens with zero attached hydrogens (tertiary/aromatic N) is 2. The number of anilines is 1. The number of nitrogen functional groups attached to an aromatic ring is 1. The Labute approximate surface area is 129 Å². The Kier molecular flexibility index (Phi) is 3.90. The third-order valence-electron chi connectivity index (χ3n) is 4.26. The molecule has 0 unspecified atom stereocenters. The zero-order valence-electron chi connectivity index (χ0n) is 11.8. The van der Waals surface area contributed by atoms with E-state index in [1.165, 1.54) is 12.8 Å². The predicted molar refractivity (Wildman–Crippen MR) is 85.3 cm³/mol. The summed E-state index contributed by atoms with van der Waals surface area (Å²) in [5.41, 5.74) is 9.78. The maximum absolute atomic E-state index is 9.38. The van der Waals surface area contributed by atoms with Crippen LogP contribution in [-0.2, 0) is 6.42 Å². The molecule has 0 radical (unpaired) electrons. The lowest BCUT2D eigenvalue weighted by Crippen LogP contribution is -2.12. The van der Waals surface area contributed by atoms with Gasteiger partial charge in [-0.2, -0.15) is 5.26 Å². The fourth-order valence-electron chi connectivity index (χ4n) is 3.23. The van der Waals surface area contributed by atoms with Gasteiger partial charge >= 0.3 is 0 Å². The predicted octanol–water partition coefficient (Wildman–Crippen LogP) is 4.30. The number of halogens is 1. The minimum atomic E-state index is 0.416. The monoisotopic (exact) mass is 299 g/mol. The molecule has 0 bridgehead atoms. The Hall–Kier alpha value is -1.92. The summed E-state index contributed by atoms with van der Waals surface area (Å²) in [5, 5.41) is 10.1.